The lowest BCUT2D eigenvalue weighted by Gasteiger charge is -2.35. The molecule has 3 rings (SSSR count). The summed E-state index contributed by atoms with van der Waals surface area (Å²) in [5, 5.41) is 0. The second-order valence-corrected chi connectivity index (χ2v) is 8.15. The Hall–Kier alpha value is -1.51. The molecule has 160 valence electrons. The van der Waals surface area contributed by atoms with Crippen LogP contribution in [-0.2, 0) is 12.8 Å². The van der Waals surface area contributed by atoms with Gasteiger partial charge in [-0.3, -0.25) is 4.90 Å². The normalized spacial score (nSPS) is 16.9. The minimum absolute atomic E-state index is 0. The third-order valence-electron chi connectivity index (χ3n) is 5.84. The molecular weight excluding hydrogens is 378 g/mol. The summed E-state index contributed by atoms with van der Waals surface area (Å²) in [5.41, 5.74) is 2.78. The van der Waals surface area contributed by atoms with E-state index in [1.54, 1.807) is 0 Å². The molecule has 0 saturated carbocycles. The van der Waals surface area contributed by atoms with Crippen LogP contribution < -0.4 is 4.74 Å². The monoisotopic (exact) mass is 415 g/mol. The van der Waals surface area contributed by atoms with E-state index in [1.165, 1.54) is 69.2 Å². The molecule has 1 aliphatic heterocycles. The van der Waals surface area contributed by atoms with Crippen LogP contribution in [0.25, 0.3) is 0 Å². The number of rotatable bonds is 11. The molecule has 0 aliphatic carbocycles. The molecule has 1 unspecified atom stereocenters. The summed E-state index contributed by atoms with van der Waals surface area (Å²) in [6.07, 6.45) is 12.9. The Kier molecular flexibility index (Phi) is 11.2. The topological polar surface area (TPSA) is 12.5 Å². The molecule has 1 atom stereocenters. The van der Waals surface area contributed by atoms with Gasteiger partial charge in [0, 0.05) is 13.1 Å². The molecule has 0 N–H and O–H groups in total. The molecule has 1 heterocycles. The number of halogens is 1. The third kappa shape index (κ3) is 8.40. The van der Waals surface area contributed by atoms with E-state index < -0.39 is 0 Å². The van der Waals surface area contributed by atoms with Crippen LogP contribution in [0, 0.1) is 0 Å². The highest BCUT2D eigenvalue weighted by Gasteiger charge is 2.23. The standard InChI is InChI=1S/C26H37NO.ClH/c1-2-3-4-5-10-21-27-22-11-9-14-26(27)28-25-19-17-24(18-20-25)16-15-23-12-7-6-8-13-23;/h6-8,12-13,17-20,26H,2-5,9-11,14-16,21-22H2,1H3;1H. The van der Waals surface area contributed by atoms with Gasteiger partial charge in [0.25, 0.3) is 0 Å². The van der Waals surface area contributed by atoms with Crippen LogP contribution >= 0.6 is 12.4 Å². The van der Waals surface area contributed by atoms with Crippen molar-refractivity contribution in [2.45, 2.75) is 77.4 Å². The zero-order chi connectivity index (χ0) is 19.4. The average Bonchev–Trinajstić information content (AvgIpc) is 2.75. The van der Waals surface area contributed by atoms with Gasteiger partial charge in [0.05, 0.1) is 0 Å². The first-order chi connectivity index (χ1) is 13.8. The Balaban J connectivity index is 0.00000300. The van der Waals surface area contributed by atoms with Crippen molar-refractivity contribution >= 4 is 12.4 Å². The average molecular weight is 416 g/mol. The Labute approximate surface area is 184 Å². The zero-order valence-electron chi connectivity index (χ0n) is 18.0. The number of unbranched alkanes of at least 4 members (excludes halogenated alkanes) is 4. The number of ether oxygens (including phenoxy) is 1. The summed E-state index contributed by atoms with van der Waals surface area (Å²) in [7, 11) is 0. The molecule has 0 radical (unpaired) electrons. The SMILES string of the molecule is CCCCCCCN1CCCCC1Oc1ccc(CCc2ccccc2)cc1.Cl. The second kappa shape index (κ2) is 13.7. The van der Waals surface area contributed by atoms with Crippen molar-refractivity contribution in [3.8, 4) is 5.75 Å². The van der Waals surface area contributed by atoms with E-state index in [0.717, 1.165) is 25.0 Å². The first-order valence-corrected chi connectivity index (χ1v) is 11.4. The molecule has 1 fully saturated rings. The third-order valence-corrected chi connectivity index (χ3v) is 5.84. The fraction of sp³-hybridized carbons (Fsp3) is 0.538. The summed E-state index contributed by atoms with van der Waals surface area (Å²) in [6, 6.07) is 19.5. The highest BCUT2D eigenvalue weighted by atomic mass is 35.5. The number of aryl methyl sites for hydroxylation is 2. The Morgan fingerprint density at radius 2 is 1.52 bits per heavy atom. The van der Waals surface area contributed by atoms with E-state index in [1.807, 2.05) is 0 Å². The van der Waals surface area contributed by atoms with Crippen molar-refractivity contribution < 1.29 is 4.74 Å². The molecule has 0 spiro atoms. The van der Waals surface area contributed by atoms with Gasteiger partial charge in [0.15, 0.2) is 6.23 Å². The zero-order valence-corrected chi connectivity index (χ0v) is 18.8. The summed E-state index contributed by atoms with van der Waals surface area (Å²) < 4.78 is 6.39. The van der Waals surface area contributed by atoms with Gasteiger partial charge < -0.3 is 4.74 Å². The maximum Gasteiger partial charge on any atom is 0.152 e. The van der Waals surface area contributed by atoms with Crippen molar-refractivity contribution in [1.29, 1.82) is 0 Å². The molecule has 2 aromatic carbocycles. The molecule has 0 bridgehead atoms. The lowest BCUT2D eigenvalue weighted by atomic mass is 10.0. The smallest absolute Gasteiger partial charge is 0.152 e. The van der Waals surface area contributed by atoms with Crippen LogP contribution in [-0.4, -0.2) is 24.2 Å². The quantitative estimate of drug-likeness (QED) is 0.364. The van der Waals surface area contributed by atoms with E-state index >= 15 is 0 Å². The number of nitrogens with zero attached hydrogens (tertiary/aromatic N) is 1. The van der Waals surface area contributed by atoms with Gasteiger partial charge in [-0.25, -0.2) is 0 Å². The van der Waals surface area contributed by atoms with E-state index in [9.17, 15) is 0 Å². The molecule has 29 heavy (non-hydrogen) atoms. The van der Waals surface area contributed by atoms with Gasteiger partial charge in [-0.05, 0) is 61.8 Å². The predicted octanol–water partition coefficient (Wildman–Crippen LogP) is 7.05. The molecule has 1 aliphatic rings. The maximum atomic E-state index is 6.39. The molecule has 2 aromatic rings. The fourth-order valence-electron chi connectivity index (χ4n) is 4.09. The van der Waals surface area contributed by atoms with Crippen molar-refractivity contribution in [2.24, 2.45) is 0 Å². The summed E-state index contributed by atoms with van der Waals surface area (Å²) in [6.45, 7) is 4.65. The van der Waals surface area contributed by atoms with E-state index in [0.29, 0.717) is 0 Å². The predicted molar refractivity (Wildman–Crippen MR) is 126 cm³/mol. The van der Waals surface area contributed by atoms with Crippen molar-refractivity contribution in [2.75, 3.05) is 13.1 Å². The number of piperidine rings is 1. The highest BCUT2D eigenvalue weighted by molar-refractivity contribution is 5.85. The lowest BCUT2D eigenvalue weighted by molar-refractivity contribution is -0.00475. The molecular formula is C26H38ClNO. The number of likely N-dealkylation sites (tertiary alicyclic amines) is 1. The Morgan fingerprint density at radius 1 is 0.828 bits per heavy atom. The van der Waals surface area contributed by atoms with Crippen LogP contribution in [0.2, 0.25) is 0 Å². The molecule has 2 nitrogen and oxygen atoms in total. The van der Waals surface area contributed by atoms with E-state index in [2.05, 4.69) is 66.4 Å². The summed E-state index contributed by atoms with van der Waals surface area (Å²) >= 11 is 0. The van der Waals surface area contributed by atoms with Gasteiger partial charge in [-0.1, -0.05) is 75.1 Å². The van der Waals surface area contributed by atoms with Crippen molar-refractivity contribution in [1.82, 2.24) is 4.90 Å². The second-order valence-electron chi connectivity index (χ2n) is 8.15. The Bertz CT molecular complexity index is 658. The molecule has 3 heteroatoms. The van der Waals surface area contributed by atoms with Crippen molar-refractivity contribution in [3.05, 3.63) is 65.7 Å². The van der Waals surface area contributed by atoms with E-state index in [-0.39, 0.29) is 18.6 Å². The number of hydrogen-bond donors (Lipinski definition) is 0. The van der Waals surface area contributed by atoms with Gasteiger partial charge in [0.1, 0.15) is 5.75 Å². The van der Waals surface area contributed by atoms with Gasteiger partial charge in [-0.15, -0.1) is 12.4 Å². The van der Waals surface area contributed by atoms with Gasteiger partial charge in [-0.2, -0.15) is 0 Å². The maximum absolute atomic E-state index is 6.39. The minimum atomic E-state index is 0. The van der Waals surface area contributed by atoms with Crippen molar-refractivity contribution in [3.63, 3.8) is 0 Å². The highest BCUT2D eigenvalue weighted by Crippen LogP contribution is 2.23. The molecule has 0 aromatic heterocycles. The van der Waals surface area contributed by atoms with Gasteiger partial charge >= 0.3 is 0 Å². The number of hydrogen-bond acceptors (Lipinski definition) is 2. The Morgan fingerprint density at radius 3 is 2.24 bits per heavy atom. The van der Waals surface area contributed by atoms with E-state index in [4.69, 9.17) is 4.74 Å². The van der Waals surface area contributed by atoms with Crippen LogP contribution in [0.5, 0.6) is 5.75 Å². The van der Waals surface area contributed by atoms with Crippen LogP contribution in [0.1, 0.15) is 69.4 Å². The molecule has 1 saturated heterocycles. The summed E-state index contributed by atoms with van der Waals surface area (Å²) in [5.74, 6) is 1.02. The fourth-order valence-corrected chi connectivity index (χ4v) is 4.09. The number of benzene rings is 2. The first kappa shape index (κ1) is 23.8. The van der Waals surface area contributed by atoms with Gasteiger partial charge in [0.2, 0.25) is 0 Å². The first-order valence-electron chi connectivity index (χ1n) is 11.4. The largest absolute Gasteiger partial charge is 0.475 e. The van der Waals surface area contributed by atoms with Crippen LogP contribution in [0.3, 0.4) is 0 Å². The summed E-state index contributed by atoms with van der Waals surface area (Å²) in [4.78, 5) is 2.57. The molecule has 0 amide bonds. The van der Waals surface area contributed by atoms with Crippen LogP contribution in [0.15, 0.2) is 54.6 Å². The van der Waals surface area contributed by atoms with Crippen LogP contribution in [0.4, 0.5) is 0 Å². The minimum Gasteiger partial charge on any atom is -0.475 e. The lowest BCUT2D eigenvalue weighted by Crippen LogP contribution is -2.43.